The number of nitrogens with one attached hydrogen (secondary N) is 1. The van der Waals surface area contributed by atoms with Crippen LogP contribution in [0.5, 0.6) is 0 Å². The van der Waals surface area contributed by atoms with E-state index in [4.69, 9.17) is 4.74 Å². The van der Waals surface area contributed by atoms with Gasteiger partial charge in [0, 0.05) is 19.1 Å². The Hall–Kier alpha value is -3.44. The Morgan fingerprint density at radius 3 is 1.97 bits per heavy atom. The summed E-state index contributed by atoms with van der Waals surface area (Å²) >= 11 is 0. The molecule has 2 unspecified atom stereocenters. The van der Waals surface area contributed by atoms with Gasteiger partial charge >= 0.3 is 5.97 Å². The highest BCUT2D eigenvalue weighted by atomic mass is 16.5. The maximum absolute atomic E-state index is 13.9. The number of rotatable bonds is 7. The third-order valence-electron chi connectivity index (χ3n) is 6.01. The highest BCUT2D eigenvalue weighted by Crippen LogP contribution is 2.31. The molecule has 0 spiro atoms. The zero-order chi connectivity index (χ0) is 22.3. The Morgan fingerprint density at radius 1 is 0.906 bits per heavy atom. The van der Waals surface area contributed by atoms with Gasteiger partial charge in [-0.2, -0.15) is 0 Å². The van der Waals surface area contributed by atoms with Crippen LogP contribution < -0.4 is 5.32 Å². The van der Waals surface area contributed by atoms with Crippen molar-refractivity contribution in [3.8, 4) is 0 Å². The molecule has 1 fully saturated rings. The molecule has 0 aromatic heterocycles. The van der Waals surface area contributed by atoms with Crippen molar-refractivity contribution in [3.63, 3.8) is 0 Å². The van der Waals surface area contributed by atoms with E-state index in [0.29, 0.717) is 19.5 Å². The molecule has 1 amide bonds. The minimum absolute atomic E-state index is 0.00968. The Bertz CT molecular complexity index is 985. The molecule has 5 nitrogen and oxygen atoms in total. The first-order valence-electron chi connectivity index (χ1n) is 10.9. The average Bonchev–Trinajstić information content (AvgIpc) is 3.29. The first-order valence-corrected chi connectivity index (χ1v) is 10.9. The fourth-order valence-corrected chi connectivity index (χ4v) is 4.38. The minimum atomic E-state index is -0.601. The molecule has 2 atom stereocenters. The lowest BCUT2D eigenvalue weighted by molar-refractivity contribution is -0.151. The summed E-state index contributed by atoms with van der Waals surface area (Å²) in [5.41, 5.74) is 2.99. The third-order valence-corrected chi connectivity index (χ3v) is 6.01. The molecule has 1 saturated heterocycles. The first-order chi connectivity index (χ1) is 15.7. The Morgan fingerprint density at radius 2 is 1.44 bits per heavy atom. The van der Waals surface area contributed by atoms with Crippen LogP contribution in [0, 0.1) is 0 Å². The van der Waals surface area contributed by atoms with E-state index in [-0.39, 0.29) is 17.9 Å². The molecule has 164 valence electrons. The maximum Gasteiger partial charge on any atom is 0.328 e. The van der Waals surface area contributed by atoms with E-state index in [1.807, 2.05) is 78.9 Å². The number of amides is 1. The topological polar surface area (TPSA) is 58.6 Å². The minimum Gasteiger partial charge on any atom is -0.467 e. The van der Waals surface area contributed by atoms with E-state index >= 15 is 0 Å². The summed E-state index contributed by atoms with van der Waals surface area (Å²) in [5.74, 6) is -0.929. The summed E-state index contributed by atoms with van der Waals surface area (Å²) in [6.07, 6.45) is 0.529. The van der Waals surface area contributed by atoms with Crippen LogP contribution in [0.2, 0.25) is 0 Å². The van der Waals surface area contributed by atoms with Crippen LogP contribution in [0.1, 0.15) is 29.0 Å². The predicted molar refractivity (Wildman–Crippen MR) is 124 cm³/mol. The van der Waals surface area contributed by atoms with Crippen molar-refractivity contribution in [1.82, 2.24) is 10.2 Å². The van der Waals surface area contributed by atoms with E-state index in [2.05, 4.69) is 17.4 Å². The summed E-state index contributed by atoms with van der Waals surface area (Å²) in [5, 5.41) is 3.51. The molecule has 1 N–H and O–H groups in total. The van der Waals surface area contributed by atoms with Crippen molar-refractivity contribution in [2.45, 2.75) is 31.0 Å². The number of esters is 1. The van der Waals surface area contributed by atoms with Gasteiger partial charge < -0.3 is 15.0 Å². The summed E-state index contributed by atoms with van der Waals surface area (Å²) in [7, 11) is 1.38. The summed E-state index contributed by atoms with van der Waals surface area (Å²) in [6.45, 7) is 1.14. The van der Waals surface area contributed by atoms with Crippen molar-refractivity contribution < 1.29 is 14.3 Å². The SMILES string of the molecule is COC(=O)C1CC(NCc2ccccc2)CN1C(=O)C(c1ccccc1)c1ccccc1. The van der Waals surface area contributed by atoms with Gasteiger partial charge in [-0.25, -0.2) is 4.79 Å². The third kappa shape index (κ3) is 4.89. The monoisotopic (exact) mass is 428 g/mol. The highest BCUT2D eigenvalue weighted by molar-refractivity contribution is 5.91. The van der Waals surface area contributed by atoms with E-state index in [1.165, 1.54) is 12.7 Å². The molecule has 1 heterocycles. The van der Waals surface area contributed by atoms with Gasteiger partial charge in [0.1, 0.15) is 6.04 Å². The predicted octanol–water partition coefficient (Wildman–Crippen LogP) is 3.75. The molecule has 0 aliphatic carbocycles. The summed E-state index contributed by atoms with van der Waals surface area (Å²) < 4.78 is 5.06. The van der Waals surface area contributed by atoms with Gasteiger partial charge in [0.05, 0.1) is 13.0 Å². The van der Waals surface area contributed by atoms with Crippen LogP contribution in [-0.4, -0.2) is 42.5 Å². The molecule has 32 heavy (non-hydrogen) atoms. The molecule has 0 saturated carbocycles. The number of ether oxygens (including phenoxy) is 1. The number of hydrogen-bond acceptors (Lipinski definition) is 4. The molecule has 5 heteroatoms. The van der Waals surface area contributed by atoms with Gasteiger partial charge in [-0.3, -0.25) is 4.79 Å². The van der Waals surface area contributed by atoms with Crippen molar-refractivity contribution in [3.05, 3.63) is 108 Å². The number of hydrogen-bond donors (Lipinski definition) is 1. The van der Waals surface area contributed by atoms with Crippen LogP contribution in [-0.2, 0) is 20.9 Å². The second-order valence-corrected chi connectivity index (χ2v) is 8.08. The van der Waals surface area contributed by atoms with Gasteiger partial charge in [-0.15, -0.1) is 0 Å². The van der Waals surface area contributed by atoms with Crippen LogP contribution in [0.3, 0.4) is 0 Å². The first kappa shape index (κ1) is 21.8. The second kappa shape index (κ2) is 10.2. The van der Waals surface area contributed by atoms with Gasteiger partial charge in [0.2, 0.25) is 5.91 Å². The number of carbonyl (C=O) groups excluding carboxylic acids is 2. The van der Waals surface area contributed by atoms with Gasteiger partial charge in [0.25, 0.3) is 0 Å². The Balaban J connectivity index is 1.58. The molecular weight excluding hydrogens is 400 g/mol. The number of carbonyl (C=O) groups is 2. The van der Waals surface area contributed by atoms with Crippen molar-refractivity contribution in [2.75, 3.05) is 13.7 Å². The van der Waals surface area contributed by atoms with Crippen LogP contribution in [0.15, 0.2) is 91.0 Å². The fraction of sp³-hybridized carbons (Fsp3) is 0.259. The van der Waals surface area contributed by atoms with E-state index in [9.17, 15) is 9.59 Å². The normalized spacial score (nSPS) is 18.0. The van der Waals surface area contributed by atoms with Gasteiger partial charge in [-0.1, -0.05) is 91.0 Å². The van der Waals surface area contributed by atoms with Crippen molar-refractivity contribution >= 4 is 11.9 Å². The Labute approximate surface area is 189 Å². The lowest BCUT2D eigenvalue weighted by atomic mass is 9.90. The largest absolute Gasteiger partial charge is 0.467 e. The second-order valence-electron chi connectivity index (χ2n) is 8.08. The lowest BCUT2D eigenvalue weighted by Gasteiger charge is -2.28. The van der Waals surface area contributed by atoms with Gasteiger partial charge in [0.15, 0.2) is 0 Å². The van der Waals surface area contributed by atoms with Crippen LogP contribution >= 0.6 is 0 Å². The van der Waals surface area contributed by atoms with E-state index in [1.54, 1.807) is 4.90 Å². The maximum atomic E-state index is 13.9. The summed E-state index contributed by atoms with van der Waals surface area (Å²) in [4.78, 5) is 28.2. The van der Waals surface area contributed by atoms with Crippen molar-refractivity contribution in [2.24, 2.45) is 0 Å². The standard InChI is InChI=1S/C27H28N2O3/c1-32-27(31)24-17-23(28-18-20-11-5-2-6-12-20)19-29(24)26(30)25(21-13-7-3-8-14-21)22-15-9-4-10-16-22/h2-16,23-25,28H,17-19H2,1H3. The molecule has 0 bridgehead atoms. The lowest BCUT2D eigenvalue weighted by Crippen LogP contribution is -2.44. The zero-order valence-corrected chi connectivity index (χ0v) is 18.2. The smallest absolute Gasteiger partial charge is 0.328 e. The molecule has 1 aliphatic heterocycles. The molecule has 1 aliphatic rings. The summed E-state index contributed by atoms with van der Waals surface area (Å²) in [6, 6.07) is 29.0. The van der Waals surface area contributed by atoms with E-state index < -0.39 is 12.0 Å². The number of nitrogens with zero attached hydrogens (tertiary/aromatic N) is 1. The average molecular weight is 429 g/mol. The quantitative estimate of drug-likeness (QED) is 0.583. The number of methoxy groups -OCH3 is 1. The van der Waals surface area contributed by atoms with Crippen LogP contribution in [0.25, 0.3) is 0 Å². The van der Waals surface area contributed by atoms with Crippen LogP contribution in [0.4, 0.5) is 0 Å². The van der Waals surface area contributed by atoms with E-state index in [0.717, 1.165) is 11.1 Å². The number of benzene rings is 3. The van der Waals surface area contributed by atoms with Crippen molar-refractivity contribution in [1.29, 1.82) is 0 Å². The molecule has 3 aromatic carbocycles. The molecule has 3 aromatic rings. The van der Waals surface area contributed by atoms with Gasteiger partial charge in [-0.05, 0) is 23.1 Å². The zero-order valence-electron chi connectivity index (χ0n) is 18.2. The molecule has 4 rings (SSSR count). The molecular formula is C27H28N2O3. The fourth-order valence-electron chi connectivity index (χ4n) is 4.38. The molecule has 0 radical (unpaired) electrons. The number of likely N-dealkylation sites (tertiary alicyclic amines) is 1. The highest BCUT2D eigenvalue weighted by Gasteiger charge is 2.42. The Kier molecular flexibility index (Phi) is 6.97.